The molecule has 0 radical (unpaired) electrons. The number of hydrogen-bond donors (Lipinski definition) is 2. The molecule has 1 aliphatic rings. The second-order valence-corrected chi connectivity index (χ2v) is 6.98. The summed E-state index contributed by atoms with van der Waals surface area (Å²) in [5.74, 6) is -0.211. The Hall–Kier alpha value is -2.61. The molecule has 0 atom stereocenters. The van der Waals surface area contributed by atoms with Crippen LogP contribution in [0.3, 0.4) is 0 Å². The third kappa shape index (κ3) is 4.62. The van der Waals surface area contributed by atoms with E-state index >= 15 is 0 Å². The Morgan fingerprint density at radius 1 is 1.04 bits per heavy atom. The summed E-state index contributed by atoms with van der Waals surface area (Å²) < 4.78 is 11.1. The molecule has 0 saturated carbocycles. The van der Waals surface area contributed by atoms with E-state index in [-0.39, 0.29) is 17.3 Å². The number of carbonyl (C=O) groups is 2. The molecule has 2 amide bonds. The van der Waals surface area contributed by atoms with Crippen molar-refractivity contribution in [3.63, 3.8) is 0 Å². The Bertz CT molecular complexity index is 985. The van der Waals surface area contributed by atoms with Gasteiger partial charge < -0.3 is 9.47 Å². The van der Waals surface area contributed by atoms with E-state index in [9.17, 15) is 9.59 Å². The number of ether oxygens (including phenoxy) is 2. The molecule has 1 aliphatic heterocycles. The number of benzene rings is 2. The Labute approximate surface area is 176 Å². The molecule has 9 heteroatoms. The average molecular weight is 437 g/mol. The zero-order valence-corrected chi connectivity index (χ0v) is 16.9. The van der Waals surface area contributed by atoms with Gasteiger partial charge in [0.15, 0.2) is 16.6 Å². The normalized spacial score (nSPS) is 13.7. The zero-order chi connectivity index (χ0) is 20.3. The van der Waals surface area contributed by atoms with Crippen LogP contribution in [0, 0.1) is 0 Å². The molecule has 144 valence electrons. The maximum absolute atomic E-state index is 12.0. The van der Waals surface area contributed by atoms with E-state index in [1.165, 1.54) is 13.2 Å². The molecule has 0 aliphatic carbocycles. The summed E-state index contributed by atoms with van der Waals surface area (Å²) in [6, 6.07) is 10.2. The first kappa shape index (κ1) is 20.1. The van der Waals surface area contributed by atoms with Crippen LogP contribution < -0.4 is 20.1 Å². The smallest absolute Gasteiger partial charge is 0.263 e. The van der Waals surface area contributed by atoms with Crippen molar-refractivity contribution in [2.75, 3.05) is 7.11 Å². The highest BCUT2D eigenvalue weighted by molar-refractivity contribution is 7.80. The molecule has 0 spiro atoms. The number of nitrogens with one attached hydrogen (secondary N) is 2. The molecule has 1 saturated heterocycles. The molecule has 2 aromatic carbocycles. The fraction of sp³-hybridized carbons (Fsp3) is 0.105. The topological polar surface area (TPSA) is 76.7 Å². The minimum atomic E-state index is -0.564. The van der Waals surface area contributed by atoms with Gasteiger partial charge >= 0.3 is 0 Å². The van der Waals surface area contributed by atoms with Crippen LogP contribution in [-0.2, 0) is 16.2 Å². The van der Waals surface area contributed by atoms with Crippen LogP contribution in [0.25, 0.3) is 6.08 Å². The summed E-state index contributed by atoms with van der Waals surface area (Å²) in [6.07, 6.45) is 1.44. The summed E-state index contributed by atoms with van der Waals surface area (Å²) in [4.78, 5) is 23.9. The van der Waals surface area contributed by atoms with E-state index in [0.29, 0.717) is 27.1 Å². The summed E-state index contributed by atoms with van der Waals surface area (Å²) in [7, 11) is 1.49. The molecule has 28 heavy (non-hydrogen) atoms. The monoisotopic (exact) mass is 436 g/mol. The van der Waals surface area contributed by atoms with E-state index in [1.54, 1.807) is 36.4 Å². The van der Waals surface area contributed by atoms with Gasteiger partial charge in [0, 0.05) is 15.6 Å². The molecule has 2 aromatic rings. The molecule has 3 rings (SSSR count). The van der Waals surface area contributed by atoms with Crippen LogP contribution in [-0.4, -0.2) is 24.0 Å². The van der Waals surface area contributed by atoms with Gasteiger partial charge in [-0.2, -0.15) is 0 Å². The van der Waals surface area contributed by atoms with Gasteiger partial charge in [0.2, 0.25) is 0 Å². The molecule has 0 aromatic heterocycles. The van der Waals surface area contributed by atoms with Crippen molar-refractivity contribution >= 4 is 58.4 Å². The van der Waals surface area contributed by atoms with Crippen LogP contribution in [0.1, 0.15) is 11.1 Å². The first-order valence-electron chi connectivity index (χ1n) is 8.00. The molecule has 2 N–H and O–H groups in total. The average Bonchev–Trinajstić information content (AvgIpc) is 2.64. The van der Waals surface area contributed by atoms with Crippen LogP contribution in [0.15, 0.2) is 42.0 Å². The van der Waals surface area contributed by atoms with Crippen LogP contribution in [0.2, 0.25) is 10.0 Å². The lowest BCUT2D eigenvalue weighted by atomic mass is 10.1. The van der Waals surface area contributed by atoms with E-state index in [4.69, 9.17) is 44.9 Å². The number of rotatable bonds is 5. The lowest BCUT2D eigenvalue weighted by Crippen LogP contribution is -2.51. The minimum absolute atomic E-state index is 0.0191. The summed E-state index contributed by atoms with van der Waals surface area (Å²) in [5.41, 5.74) is 1.30. The number of methoxy groups -OCH3 is 1. The Balaban J connectivity index is 1.80. The lowest BCUT2D eigenvalue weighted by Gasteiger charge is -2.16. The SMILES string of the molecule is COc1cc(C=C2C(=O)NC(=S)NC2=O)ccc1OCc1ccc(Cl)cc1Cl. The fourth-order valence-electron chi connectivity index (χ4n) is 2.46. The fourth-order valence-corrected chi connectivity index (χ4v) is 3.11. The number of carbonyl (C=O) groups excluding carboxylic acids is 2. The third-order valence-electron chi connectivity index (χ3n) is 3.84. The van der Waals surface area contributed by atoms with E-state index in [2.05, 4.69) is 10.6 Å². The first-order chi connectivity index (χ1) is 13.4. The maximum Gasteiger partial charge on any atom is 0.263 e. The second-order valence-electron chi connectivity index (χ2n) is 5.73. The Morgan fingerprint density at radius 3 is 2.39 bits per heavy atom. The molecule has 6 nitrogen and oxygen atoms in total. The molecule has 1 fully saturated rings. The van der Waals surface area contributed by atoms with Crippen LogP contribution in [0.5, 0.6) is 11.5 Å². The summed E-state index contributed by atoms with van der Waals surface area (Å²) in [6.45, 7) is 0.217. The molecular formula is C19H14Cl2N2O4S. The van der Waals surface area contributed by atoms with Crippen molar-refractivity contribution in [3.05, 3.63) is 63.1 Å². The minimum Gasteiger partial charge on any atom is -0.493 e. The molecule has 0 unspecified atom stereocenters. The first-order valence-corrected chi connectivity index (χ1v) is 9.17. The Morgan fingerprint density at radius 2 is 1.75 bits per heavy atom. The van der Waals surface area contributed by atoms with Gasteiger partial charge in [0.05, 0.1) is 7.11 Å². The van der Waals surface area contributed by atoms with Crippen LogP contribution >= 0.6 is 35.4 Å². The van der Waals surface area contributed by atoms with E-state index < -0.39 is 11.8 Å². The number of hydrogen-bond acceptors (Lipinski definition) is 5. The van der Waals surface area contributed by atoms with Crippen LogP contribution in [0.4, 0.5) is 0 Å². The van der Waals surface area contributed by atoms with Gasteiger partial charge in [-0.15, -0.1) is 0 Å². The zero-order valence-electron chi connectivity index (χ0n) is 14.5. The van der Waals surface area contributed by atoms with Gasteiger partial charge in [0.1, 0.15) is 12.2 Å². The van der Waals surface area contributed by atoms with Gasteiger partial charge in [0.25, 0.3) is 11.8 Å². The highest BCUT2D eigenvalue weighted by Gasteiger charge is 2.25. The number of thiocarbonyl (C=S) groups is 1. The predicted octanol–water partition coefficient (Wildman–Crippen LogP) is 3.50. The van der Waals surface area contributed by atoms with Crippen molar-refractivity contribution in [2.24, 2.45) is 0 Å². The van der Waals surface area contributed by atoms with Crippen molar-refractivity contribution in [2.45, 2.75) is 6.61 Å². The quantitative estimate of drug-likeness (QED) is 0.426. The van der Waals surface area contributed by atoms with E-state index in [0.717, 1.165) is 5.56 Å². The second kappa shape index (κ2) is 8.60. The van der Waals surface area contributed by atoms with E-state index in [1.807, 2.05) is 0 Å². The lowest BCUT2D eigenvalue weighted by molar-refractivity contribution is -0.123. The molecular weight excluding hydrogens is 423 g/mol. The molecule has 0 bridgehead atoms. The van der Waals surface area contributed by atoms with Crippen molar-refractivity contribution < 1.29 is 19.1 Å². The Kier molecular flexibility index (Phi) is 6.18. The van der Waals surface area contributed by atoms with Gasteiger partial charge in [-0.25, -0.2) is 0 Å². The van der Waals surface area contributed by atoms with Gasteiger partial charge in [-0.05, 0) is 48.1 Å². The highest BCUT2D eigenvalue weighted by Crippen LogP contribution is 2.31. The van der Waals surface area contributed by atoms with Crippen molar-refractivity contribution in [3.8, 4) is 11.5 Å². The van der Waals surface area contributed by atoms with Crippen molar-refractivity contribution in [1.29, 1.82) is 0 Å². The third-order valence-corrected chi connectivity index (χ3v) is 4.63. The number of amides is 2. The predicted molar refractivity (Wildman–Crippen MR) is 111 cm³/mol. The standard InChI is InChI=1S/C19H14Cl2N2O4S/c1-26-16-7-10(6-13-17(24)22-19(28)23-18(13)25)2-5-15(16)27-9-11-3-4-12(20)8-14(11)21/h2-8H,9H2,1H3,(H2,22,23,24,25,28). The van der Waals surface area contributed by atoms with Gasteiger partial charge in [-0.1, -0.05) is 35.3 Å². The molecule has 1 heterocycles. The number of halogens is 2. The van der Waals surface area contributed by atoms with Crippen molar-refractivity contribution in [1.82, 2.24) is 10.6 Å². The maximum atomic E-state index is 12.0. The van der Waals surface area contributed by atoms with Gasteiger partial charge in [-0.3, -0.25) is 20.2 Å². The largest absolute Gasteiger partial charge is 0.493 e. The summed E-state index contributed by atoms with van der Waals surface area (Å²) in [5, 5.41) is 5.79. The summed E-state index contributed by atoms with van der Waals surface area (Å²) >= 11 is 16.8. The highest BCUT2D eigenvalue weighted by atomic mass is 35.5.